The minimum absolute atomic E-state index is 0.115. The summed E-state index contributed by atoms with van der Waals surface area (Å²) in [5, 5.41) is 16.1. The molecule has 0 spiro atoms. The van der Waals surface area contributed by atoms with Crippen molar-refractivity contribution in [1.29, 1.82) is 0 Å². The summed E-state index contributed by atoms with van der Waals surface area (Å²) in [6.07, 6.45) is 0.192. The second-order valence-electron chi connectivity index (χ2n) is 5.29. The molecule has 1 N–H and O–H groups in total. The molecule has 5 heteroatoms. The molecule has 1 atom stereocenters. The highest BCUT2D eigenvalue weighted by Gasteiger charge is 2.45. The quantitative estimate of drug-likeness (QED) is 0.927. The van der Waals surface area contributed by atoms with Crippen molar-refractivity contribution in [2.24, 2.45) is 5.10 Å². The lowest BCUT2D eigenvalue weighted by Gasteiger charge is -2.31. The number of hydrogen-bond acceptors (Lipinski definition) is 3. The Hall–Kier alpha value is -2.53. The van der Waals surface area contributed by atoms with Crippen molar-refractivity contribution >= 4 is 11.6 Å². The molecule has 2 aromatic rings. The number of halogens is 1. The van der Waals surface area contributed by atoms with Gasteiger partial charge in [0.15, 0.2) is 5.72 Å². The van der Waals surface area contributed by atoms with Gasteiger partial charge in [-0.15, -0.1) is 0 Å². The van der Waals surface area contributed by atoms with E-state index in [2.05, 4.69) is 5.10 Å². The molecular weight excluding hydrogens is 283 g/mol. The molecule has 1 heterocycles. The lowest BCUT2D eigenvalue weighted by Crippen LogP contribution is -2.43. The summed E-state index contributed by atoms with van der Waals surface area (Å²) in [6, 6.07) is 14.5. The number of hydrazone groups is 1. The molecule has 22 heavy (non-hydrogen) atoms. The second-order valence-corrected chi connectivity index (χ2v) is 5.29. The monoisotopic (exact) mass is 298 g/mol. The van der Waals surface area contributed by atoms with E-state index in [0.29, 0.717) is 11.3 Å². The van der Waals surface area contributed by atoms with Crippen LogP contribution in [-0.4, -0.2) is 21.7 Å². The van der Waals surface area contributed by atoms with Crippen molar-refractivity contribution in [3.8, 4) is 0 Å². The van der Waals surface area contributed by atoms with Gasteiger partial charge in [0.2, 0.25) is 0 Å². The van der Waals surface area contributed by atoms with Crippen LogP contribution in [0.1, 0.15) is 29.3 Å². The number of benzene rings is 2. The van der Waals surface area contributed by atoms with Crippen LogP contribution in [0, 0.1) is 5.82 Å². The van der Waals surface area contributed by atoms with Gasteiger partial charge in [-0.1, -0.05) is 42.5 Å². The van der Waals surface area contributed by atoms with Crippen LogP contribution in [0.3, 0.4) is 0 Å². The van der Waals surface area contributed by atoms with Crippen molar-refractivity contribution in [1.82, 2.24) is 5.01 Å². The van der Waals surface area contributed by atoms with Gasteiger partial charge in [-0.2, -0.15) is 10.1 Å². The topological polar surface area (TPSA) is 52.9 Å². The molecule has 1 aliphatic rings. The number of carbonyl (C=O) groups excluding carboxylic acids is 1. The Kier molecular flexibility index (Phi) is 3.50. The van der Waals surface area contributed by atoms with Gasteiger partial charge in [-0.05, 0) is 19.1 Å². The molecule has 0 fully saturated rings. The maximum absolute atomic E-state index is 13.9. The fourth-order valence-electron chi connectivity index (χ4n) is 2.61. The molecule has 112 valence electrons. The smallest absolute Gasteiger partial charge is 0.279 e. The minimum atomic E-state index is -1.59. The number of amides is 1. The van der Waals surface area contributed by atoms with Gasteiger partial charge in [-0.25, -0.2) is 4.39 Å². The molecule has 0 bridgehead atoms. The van der Waals surface area contributed by atoms with Crippen LogP contribution in [0.5, 0.6) is 0 Å². The van der Waals surface area contributed by atoms with E-state index in [9.17, 15) is 14.3 Å². The predicted octanol–water partition coefficient (Wildman–Crippen LogP) is 2.89. The Labute approximate surface area is 127 Å². The lowest BCUT2D eigenvalue weighted by atomic mass is 9.97. The summed E-state index contributed by atoms with van der Waals surface area (Å²) in [6.45, 7) is 1.72. The van der Waals surface area contributed by atoms with Gasteiger partial charge >= 0.3 is 0 Å². The molecule has 1 aliphatic heterocycles. The van der Waals surface area contributed by atoms with Gasteiger partial charge in [-0.3, -0.25) is 4.79 Å². The van der Waals surface area contributed by atoms with Crippen LogP contribution in [0.25, 0.3) is 0 Å². The summed E-state index contributed by atoms with van der Waals surface area (Å²) in [7, 11) is 0. The molecule has 0 saturated carbocycles. The Balaban J connectivity index is 2.04. The average Bonchev–Trinajstić information content (AvgIpc) is 2.84. The Morgan fingerprint density at radius 2 is 1.82 bits per heavy atom. The minimum Gasteiger partial charge on any atom is -0.365 e. The first-order valence-corrected chi connectivity index (χ1v) is 6.93. The van der Waals surface area contributed by atoms with E-state index in [0.717, 1.165) is 5.01 Å². The SMILES string of the molecule is CC1=NN(C(=O)c2ccccc2F)[C@](O)(c2ccccc2)C1. The molecular formula is C17H15FN2O2. The van der Waals surface area contributed by atoms with E-state index >= 15 is 0 Å². The number of hydrogen-bond donors (Lipinski definition) is 1. The molecule has 1 amide bonds. The zero-order valence-electron chi connectivity index (χ0n) is 12.0. The second kappa shape index (κ2) is 5.35. The normalized spacial score (nSPS) is 20.9. The van der Waals surface area contributed by atoms with E-state index in [1.807, 2.05) is 6.07 Å². The maximum atomic E-state index is 13.9. The van der Waals surface area contributed by atoms with E-state index in [1.165, 1.54) is 18.2 Å². The molecule has 2 aromatic carbocycles. The molecule has 0 radical (unpaired) electrons. The van der Waals surface area contributed by atoms with Crippen LogP contribution < -0.4 is 0 Å². The van der Waals surface area contributed by atoms with Crippen molar-refractivity contribution in [3.63, 3.8) is 0 Å². The molecule has 0 aliphatic carbocycles. The first kappa shape index (κ1) is 14.4. The Bertz CT molecular complexity index is 745. The third kappa shape index (κ3) is 2.29. The number of carbonyl (C=O) groups is 1. The highest BCUT2D eigenvalue weighted by atomic mass is 19.1. The third-order valence-corrected chi connectivity index (χ3v) is 3.66. The molecule has 0 aromatic heterocycles. The predicted molar refractivity (Wildman–Crippen MR) is 80.6 cm³/mol. The average molecular weight is 298 g/mol. The number of aliphatic hydroxyl groups is 1. The highest BCUT2D eigenvalue weighted by Crippen LogP contribution is 2.36. The molecule has 0 saturated heterocycles. The molecule has 3 rings (SSSR count). The molecule has 4 nitrogen and oxygen atoms in total. The fourth-order valence-corrected chi connectivity index (χ4v) is 2.61. The third-order valence-electron chi connectivity index (χ3n) is 3.66. The van der Waals surface area contributed by atoms with Crippen molar-refractivity contribution in [2.75, 3.05) is 0 Å². The van der Waals surface area contributed by atoms with Crippen LogP contribution >= 0.6 is 0 Å². The standard InChI is InChI=1S/C17H15FN2O2/c1-12-11-17(22,13-7-3-2-4-8-13)20(19-12)16(21)14-9-5-6-10-15(14)18/h2-10,22H,11H2,1H3/t17-/m1/s1. The van der Waals surface area contributed by atoms with Crippen LogP contribution in [0.2, 0.25) is 0 Å². The van der Waals surface area contributed by atoms with Gasteiger partial charge in [0.05, 0.1) is 5.56 Å². The zero-order valence-corrected chi connectivity index (χ0v) is 12.0. The lowest BCUT2D eigenvalue weighted by molar-refractivity contribution is -0.0766. The van der Waals surface area contributed by atoms with Crippen LogP contribution in [0.15, 0.2) is 59.7 Å². The first-order valence-electron chi connectivity index (χ1n) is 6.93. The van der Waals surface area contributed by atoms with Gasteiger partial charge in [0.1, 0.15) is 5.82 Å². The van der Waals surface area contributed by atoms with E-state index in [4.69, 9.17) is 0 Å². The summed E-state index contributed by atoms with van der Waals surface area (Å²) in [5.41, 5.74) is -0.559. The van der Waals surface area contributed by atoms with Crippen molar-refractivity contribution < 1.29 is 14.3 Å². The largest absolute Gasteiger partial charge is 0.365 e. The maximum Gasteiger partial charge on any atom is 0.279 e. The Morgan fingerprint density at radius 3 is 2.50 bits per heavy atom. The van der Waals surface area contributed by atoms with E-state index < -0.39 is 17.4 Å². The van der Waals surface area contributed by atoms with E-state index in [-0.39, 0.29) is 12.0 Å². The van der Waals surface area contributed by atoms with Gasteiger partial charge < -0.3 is 5.11 Å². The first-order chi connectivity index (χ1) is 10.5. The zero-order chi connectivity index (χ0) is 15.7. The number of rotatable bonds is 2. The Morgan fingerprint density at radius 1 is 1.18 bits per heavy atom. The van der Waals surface area contributed by atoms with Gasteiger partial charge in [0, 0.05) is 17.7 Å². The van der Waals surface area contributed by atoms with Crippen molar-refractivity contribution in [2.45, 2.75) is 19.1 Å². The molecule has 0 unspecified atom stereocenters. The van der Waals surface area contributed by atoms with Crippen LogP contribution in [-0.2, 0) is 5.72 Å². The van der Waals surface area contributed by atoms with Crippen LogP contribution in [0.4, 0.5) is 4.39 Å². The summed E-state index contributed by atoms with van der Waals surface area (Å²) < 4.78 is 13.9. The summed E-state index contributed by atoms with van der Waals surface area (Å²) >= 11 is 0. The van der Waals surface area contributed by atoms with Crippen molar-refractivity contribution in [3.05, 3.63) is 71.5 Å². The summed E-state index contributed by atoms with van der Waals surface area (Å²) in [4.78, 5) is 12.6. The van der Waals surface area contributed by atoms with E-state index in [1.54, 1.807) is 37.3 Å². The van der Waals surface area contributed by atoms with Gasteiger partial charge in [0.25, 0.3) is 5.91 Å². The number of nitrogens with zero attached hydrogens (tertiary/aromatic N) is 2. The fraction of sp³-hybridized carbons (Fsp3) is 0.176. The summed E-state index contributed by atoms with van der Waals surface area (Å²) in [5.74, 6) is -1.30. The highest BCUT2D eigenvalue weighted by molar-refractivity contribution is 5.98.